The number of rotatable bonds is 6. The van der Waals surface area contributed by atoms with Crippen molar-refractivity contribution in [1.29, 1.82) is 0 Å². The summed E-state index contributed by atoms with van der Waals surface area (Å²) in [6, 6.07) is 7.55. The number of anilines is 2. The predicted molar refractivity (Wildman–Crippen MR) is 85.8 cm³/mol. The van der Waals surface area contributed by atoms with Gasteiger partial charge in [-0.2, -0.15) is 0 Å². The van der Waals surface area contributed by atoms with Crippen LogP contribution in [0, 0.1) is 5.92 Å². The minimum atomic E-state index is -0.408. The monoisotopic (exact) mass is 291 g/mol. The van der Waals surface area contributed by atoms with E-state index in [2.05, 4.69) is 17.1 Å². The molecule has 0 aromatic heterocycles. The first-order chi connectivity index (χ1) is 10.0. The van der Waals surface area contributed by atoms with Gasteiger partial charge in [-0.1, -0.05) is 12.1 Å². The van der Waals surface area contributed by atoms with Crippen molar-refractivity contribution >= 4 is 17.4 Å². The Balaban J connectivity index is 1.98. The molecule has 0 radical (unpaired) electrons. The van der Waals surface area contributed by atoms with E-state index in [0.29, 0.717) is 12.5 Å². The fourth-order valence-corrected chi connectivity index (χ4v) is 2.29. The molecule has 1 unspecified atom stereocenters. The highest BCUT2D eigenvalue weighted by atomic mass is 16.3. The Kier molecular flexibility index (Phi) is 5.07. The lowest BCUT2D eigenvalue weighted by molar-refractivity contribution is 0.117. The van der Waals surface area contributed by atoms with Crippen molar-refractivity contribution in [2.75, 3.05) is 37.4 Å². The van der Waals surface area contributed by atoms with E-state index in [0.717, 1.165) is 30.8 Å². The van der Waals surface area contributed by atoms with Crippen LogP contribution in [0.25, 0.3) is 0 Å². The number of nitrogens with zero attached hydrogens (tertiary/aromatic N) is 2. The van der Waals surface area contributed by atoms with Crippen LogP contribution in [0.1, 0.15) is 19.8 Å². The van der Waals surface area contributed by atoms with Crippen molar-refractivity contribution in [3.05, 3.63) is 24.3 Å². The summed E-state index contributed by atoms with van der Waals surface area (Å²) in [5.41, 5.74) is 1.78. The number of hydrogen-bond donors (Lipinski definition) is 2. The van der Waals surface area contributed by atoms with Crippen molar-refractivity contribution in [2.45, 2.75) is 25.9 Å². The highest BCUT2D eigenvalue weighted by molar-refractivity contribution is 5.93. The van der Waals surface area contributed by atoms with Gasteiger partial charge in [-0.05, 0) is 37.8 Å². The van der Waals surface area contributed by atoms with Crippen LogP contribution in [0.2, 0.25) is 0 Å². The van der Waals surface area contributed by atoms with Crippen molar-refractivity contribution in [2.24, 2.45) is 5.92 Å². The van der Waals surface area contributed by atoms with E-state index >= 15 is 0 Å². The first-order valence-corrected chi connectivity index (χ1v) is 7.53. The zero-order chi connectivity index (χ0) is 15.4. The lowest BCUT2D eigenvalue weighted by Gasteiger charge is -2.24. The molecule has 2 amide bonds. The summed E-state index contributed by atoms with van der Waals surface area (Å²) >= 11 is 0. The van der Waals surface area contributed by atoms with Crippen LogP contribution >= 0.6 is 0 Å². The van der Waals surface area contributed by atoms with Gasteiger partial charge in [0.2, 0.25) is 0 Å². The number of para-hydroxylation sites is 2. The summed E-state index contributed by atoms with van der Waals surface area (Å²) in [6.07, 6.45) is 1.73. The summed E-state index contributed by atoms with van der Waals surface area (Å²) in [5, 5.41) is 12.8. The molecule has 116 valence electrons. The highest BCUT2D eigenvalue weighted by Gasteiger charge is 2.31. The number of amides is 2. The third kappa shape index (κ3) is 4.11. The second kappa shape index (κ2) is 6.80. The van der Waals surface area contributed by atoms with Gasteiger partial charge in [0, 0.05) is 27.2 Å². The van der Waals surface area contributed by atoms with Crippen LogP contribution in [0.5, 0.6) is 0 Å². The molecular formula is C16H25N3O2. The molecule has 5 heteroatoms. The zero-order valence-corrected chi connectivity index (χ0v) is 13.0. The number of carbonyl (C=O) groups excluding carboxylic acids is 1. The number of benzene rings is 1. The molecule has 21 heavy (non-hydrogen) atoms. The summed E-state index contributed by atoms with van der Waals surface area (Å²) in [5.74, 6) is 0.374. The molecule has 1 saturated carbocycles. The SMILES string of the molecule is CCN(C)c1ccccc1NC(=O)N(C)CC(O)C1CC1. The molecule has 0 saturated heterocycles. The van der Waals surface area contributed by atoms with E-state index in [9.17, 15) is 9.90 Å². The number of likely N-dealkylation sites (N-methyl/N-ethyl adjacent to an activating group) is 1. The van der Waals surface area contributed by atoms with Crippen LogP contribution in [-0.2, 0) is 0 Å². The summed E-state index contributed by atoms with van der Waals surface area (Å²) < 4.78 is 0. The van der Waals surface area contributed by atoms with Gasteiger partial charge in [0.05, 0.1) is 17.5 Å². The molecule has 2 rings (SSSR count). The Morgan fingerprint density at radius 2 is 2.05 bits per heavy atom. The van der Waals surface area contributed by atoms with E-state index in [1.54, 1.807) is 11.9 Å². The van der Waals surface area contributed by atoms with Gasteiger partial charge in [-0.25, -0.2) is 4.79 Å². The smallest absolute Gasteiger partial charge is 0.321 e. The Bertz CT molecular complexity index is 488. The van der Waals surface area contributed by atoms with Crippen LogP contribution in [0.3, 0.4) is 0 Å². The molecule has 0 aliphatic heterocycles. The molecule has 0 heterocycles. The van der Waals surface area contributed by atoms with E-state index in [1.807, 2.05) is 31.3 Å². The van der Waals surface area contributed by atoms with Gasteiger partial charge in [0.1, 0.15) is 0 Å². The fourth-order valence-electron chi connectivity index (χ4n) is 2.29. The number of aliphatic hydroxyl groups excluding tert-OH is 1. The van der Waals surface area contributed by atoms with E-state index < -0.39 is 6.10 Å². The van der Waals surface area contributed by atoms with Gasteiger partial charge >= 0.3 is 6.03 Å². The van der Waals surface area contributed by atoms with Crippen LogP contribution < -0.4 is 10.2 Å². The van der Waals surface area contributed by atoms with Crippen LogP contribution in [-0.4, -0.2) is 49.3 Å². The number of nitrogens with one attached hydrogen (secondary N) is 1. The van der Waals surface area contributed by atoms with E-state index in [1.165, 1.54) is 0 Å². The average molecular weight is 291 g/mol. The van der Waals surface area contributed by atoms with E-state index in [4.69, 9.17) is 0 Å². The highest BCUT2D eigenvalue weighted by Crippen LogP contribution is 2.32. The van der Waals surface area contributed by atoms with E-state index in [-0.39, 0.29) is 6.03 Å². The first kappa shape index (κ1) is 15.6. The van der Waals surface area contributed by atoms with Gasteiger partial charge in [-0.3, -0.25) is 0 Å². The largest absolute Gasteiger partial charge is 0.391 e. The molecule has 5 nitrogen and oxygen atoms in total. The maximum Gasteiger partial charge on any atom is 0.321 e. The fraction of sp³-hybridized carbons (Fsp3) is 0.562. The molecule has 1 aliphatic rings. The van der Waals surface area contributed by atoms with Gasteiger partial charge in [-0.15, -0.1) is 0 Å². The summed E-state index contributed by atoms with van der Waals surface area (Å²) in [7, 11) is 3.71. The molecule has 2 N–H and O–H groups in total. The second-order valence-electron chi connectivity index (χ2n) is 5.75. The summed E-state index contributed by atoms with van der Waals surface area (Å²) in [6.45, 7) is 3.31. The summed E-state index contributed by atoms with van der Waals surface area (Å²) in [4.78, 5) is 15.9. The second-order valence-corrected chi connectivity index (χ2v) is 5.75. The Labute approximate surface area is 126 Å². The van der Waals surface area contributed by atoms with Crippen LogP contribution in [0.4, 0.5) is 16.2 Å². The van der Waals surface area contributed by atoms with Crippen molar-refractivity contribution in [1.82, 2.24) is 4.90 Å². The van der Waals surface area contributed by atoms with Crippen molar-refractivity contribution in [3.8, 4) is 0 Å². The number of carbonyl (C=O) groups is 1. The number of aliphatic hydroxyl groups is 1. The van der Waals surface area contributed by atoms with Gasteiger partial charge < -0.3 is 20.2 Å². The maximum atomic E-state index is 12.2. The maximum absolute atomic E-state index is 12.2. The molecule has 1 fully saturated rings. The third-order valence-electron chi connectivity index (χ3n) is 4.01. The zero-order valence-electron chi connectivity index (χ0n) is 13.0. The minimum absolute atomic E-state index is 0.188. The molecule has 1 aromatic rings. The molecule has 0 spiro atoms. The molecular weight excluding hydrogens is 266 g/mol. The molecule has 1 aliphatic carbocycles. The van der Waals surface area contributed by atoms with Gasteiger partial charge in [0.15, 0.2) is 0 Å². The molecule has 1 aromatic carbocycles. The van der Waals surface area contributed by atoms with Gasteiger partial charge in [0.25, 0.3) is 0 Å². The first-order valence-electron chi connectivity index (χ1n) is 7.53. The van der Waals surface area contributed by atoms with Crippen molar-refractivity contribution in [3.63, 3.8) is 0 Å². The molecule has 1 atom stereocenters. The molecule has 0 bridgehead atoms. The Hall–Kier alpha value is -1.75. The predicted octanol–water partition coefficient (Wildman–Crippen LogP) is 2.38. The minimum Gasteiger partial charge on any atom is -0.391 e. The quantitative estimate of drug-likeness (QED) is 0.846. The Morgan fingerprint density at radius 3 is 2.67 bits per heavy atom. The third-order valence-corrected chi connectivity index (χ3v) is 4.01. The Morgan fingerprint density at radius 1 is 1.38 bits per heavy atom. The number of hydrogen-bond acceptors (Lipinski definition) is 3. The standard InChI is InChI=1S/C16H25N3O2/c1-4-18(2)14-8-6-5-7-13(14)17-16(21)19(3)11-15(20)12-9-10-12/h5-8,12,15,20H,4,9-11H2,1-3H3,(H,17,21). The number of urea groups is 1. The lowest BCUT2D eigenvalue weighted by atomic mass is 10.2. The normalized spacial score (nSPS) is 15.4. The lowest BCUT2D eigenvalue weighted by Crippen LogP contribution is -2.38. The average Bonchev–Trinajstić information content (AvgIpc) is 3.31. The van der Waals surface area contributed by atoms with Crippen molar-refractivity contribution < 1.29 is 9.90 Å². The van der Waals surface area contributed by atoms with Crippen LogP contribution in [0.15, 0.2) is 24.3 Å². The topological polar surface area (TPSA) is 55.8 Å².